The van der Waals surface area contributed by atoms with Crippen molar-refractivity contribution in [3.05, 3.63) is 29.8 Å². The fourth-order valence-electron chi connectivity index (χ4n) is 2.21. The molecule has 1 unspecified atom stereocenters. The third-order valence-corrected chi connectivity index (χ3v) is 4.24. The maximum absolute atomic E-state index is 11.6. The number of fused-ring (bicyclic) bond motifs is 1. The van der Waals surface area contributed by atoms with Crippen LogP contribution in [0.2, 0.25) is 0 Å². The number of carbonyl (C=O) groups excluding carboxylic acids is 1. The number of likely N-dealkylation sites (N-methyl/N-ethyl adjacent to an activating group) is 1. The summed E-state index contributed by atoms with van der Waals surface area (Å²) in [6.07, 6.45) is 1.01. The number of amides is 1. The molecule has 1 atom stereocenters. The first-order chi connectivity index (χ1) is 8.13. The summed E-state index contributed by atoms with van der Waals surface area (Å²) in [5.74, 6) is -0.276. The molecule has 0 aliphatic carbocycles. The highest BCUT2D eigenvalue weighted by molar-refractivity contribution is 7.99. The van der Waals surface area contributed by atoms with Gasteiger partial charge in [-0.1, -0.05) is 18.2 Å². The van der Waals surface area contributed by atoms with Gasteiger partial charge in [-0.2, -0.15) is 0 Å². The summed E-state index contributed by atoms with van der Waals surface area (Å²) < 4.78 is 0. The molecule has 1 amide bonds. The van der Waals surface area contributed by atoms with E-state index in [0.29, 0.717) is 24.1 Å². The van der Waals surface area contributed by atoms with Crippen LogP contribution in [0.5, 0.6) is 0 Å². The van der Waals surface area contributed by atoms with E-state index in [4.69, 9.17) is 0 Å². The Kier molecular flexibility index (Phi) is 3.11. The minimum absolute atomic E-state index is 0.430. The summed E-state index contributed by atoms with van der Waals surface area (Å²) in [6.45, 7) is 0. The number of hydrogen-bond acceptors (Lipinski definition) is 3. The van der Waals surface area contributed by atoms with E-state index in [1.807, 2.05) is 12.1 Å². The van der Waals surface area contributed by atoms with Gasteiger partial charge in [0.15, 0.2) is 5.54 Å². The minimum atomic E-state index is -1.22. The Balaban J connectivity index is 2.63. The van der Waals surface area contributed by atoms with Gasteiger partial charge in [-0.15, -0.1) is 11.8 Å². The molecule has 0 bridgehead atoms. The molecule has 1 aromatic rings. The van der Waals surface area contributed by atoms with Gasteiger partial charge in [0, 0.05) is 23.3 Å². The van der Waals surface area contributed by atoms with Gasteiger partial charge in [-0.3, -0.25) is 4.79 Å². The molecule has 1 heterocycles. The SMILES string of the molecule is CN(C=O)C1(C(=O)O)CCSc2ccccc21. The van der Waals surface area contributed by atoms with Crippen LogP contribution in [0.4, 0.5) is 0 Å². The van der Waals surface area contributed by atoms with Crippen molar-refractivity contribution in [3.8, 4) is 0 Å². The summed E-state index contributed by atoms with van der Waals surface area (Å²) >= 11 is 1.63. The zero-order valence-corrected chi connectivity index (χ0v) is 10.2. The van der Waals surface area contributed by atoms with Crippen molar-refractivity contribution in [2.45, 2.75) is 16.9 Å². The molecule has 90 valence electrons. The van der Waals surface area contributed by atoms with Crippen LogP contribution in [-0.2, 0) is 15.1 Å². The van der Waals surface area contributed by atoms with Gasteiger partial charge < -0.3 is 10.0 Å². The highest BCUT2D eigenvalue weighted by Crippen LogP contribution is 2.43. The second-order valence-electron chi connectivity index (χ2n) is 3.98. The normalized spacial score (nSPS) is 22.6. The second kappa shape index (κ2) is 4.41. The lowest BCUT2D eigenvalue weighted by molar-refractivity contribution is -0.155. The summed E-state index contributed by atoms with van der Waals surface area (Å²) in [5, 5.41) is 9.53. The van der Waals surface area contributed by atoms with Crippen molar-refractivity contribution >= 4 is 24.1 Å². The highest BCUT2D eigenvalue weighted by atomic mass is 32.2. The molecule has 0 aromatic heterocycles. The van der Waals surface area contributed by atoms with Gasteiger partial charge in [0.2, 0.25) is 6.41 Å². The maximum atomic E-state index is 11.6. The number of carboxylic acids is 1. The van der Waals surface area contributed by atoms with E-state index in [-0.39, 0.29) is 0 Å². The van der Waals surface area contributed by atoms with Crippen molar-refractivity contribution in [2.24, 2.45) is 0 Å². The zero-order valence-electron chi connectivity index (χ0n) is 9.42. The molecule has 1 N–H and O–H groups in total. The van der Waals surface area contributed by atoms with Crippen molar-refractivity contribution in [3.63, 3.8) is 0 Å². The van der Waals surface area contributed by atoms with E-state index in [1.54, 1.807) is 23.9 Å². The molecule has 2 rings (SSSR count). The monoisotopic (exact) mass is 251 g/mol. The Morgan fingerprint density at radius 2 is 2.24 bits per heavy atom. The number of nitrogens with zero attached hydrogens (tertiary/aromatic N) is 1. The Morgan fingerprint density at radius 3 is 2.88 bits per heavy atom. The predicted molar refractivity (Wildman–Crippen MR) is 64.9 cm³/mol. The number of carboxylic acid groups (broad SMARTS) is 1. The smallest absolute Gasteiger partial charge is 0.334 e. The van der Waals surface area contributed by atoms with Crippen LogP contribution in [0.3, 0.4) is 0 Å². The minimum Gasteiger partial charge on any atom is -0.479 e. The number of benzene rings is 1. The topological polar surface area (TPSA) is 57.6 Å². The number of carbonyl (C=O) groups is 2. The van der Waals surface area contributed by atoms with E-state index in [2.05, 4.69) is 0 Å². The summed E-state index contributed by atoms with van der Waals surface area (Å²) in [7, 11) is 1.52. The average molecular weight is 251 g/mol. The van der Waals surface area contributed by atoms with Gasteiger partial charge in [-0.05, 0) is 12.5 Å². The Hall–Kier alpha value is -1.49. The van der Waals surface area contributed by atoms with E-state index in [0.717, 1.165) is 4.90 Å². The van der Waals surface area contributed by atoms with E-state index in [9.17, 15) is 14.7 Å². The number of rotatable bonds is 3. The lowest BCUT2D eigenvalue weighted by atomic mass is 9.85. The lowest BCUT2D eigenvalue weighted by Crippen LogP contribution is -2.51. The molecule has 1 aliphatic heterocycles. The van der Waals surface area contributed by atoms with Gasteiger partial charge >= 0.3 is 5.97 Å². The molecule has 0 saturated carbocycles. The van der Waals surface area contributed by atoms with Crippen LogP contribution < -0.4 is 0 Å². The fraction of sp³-hybridized carbons (Fsp3) is 0.333. The third-order valence-electron chi connectivity index (χ3n) is 3.17. The van der Waals surface area contributed by atoms with Crippen molar-refractivity contribution < 1.29 is 14.7 Å². The summed E-state index contributed by atoms with van der Waals surface area (Å²) in [4.78, 5) is 24.8. The first-order valence-electron chi connectivity index (χ1n) is 5.27. The molecule has 0 saturated heterocycles. The molecule has 17 heavy (non-hydrogen) atoms. The van der Waals surface area contributed by atoms with Gasteiger partial charge in [0.05, 0.1) is 0 Å². The largest absolute Gasteiger partial charge is 0.479 e. The first-order valence-corrected chi connectivity index (χ1v) is 6.25. The first kappa shape index (κ1) is 12.0. The van der Waals surface area contributed by atoms with Crippen LogP contribution in [0, 0.1) is 0 Å². The zero-order chi connectivity index (χ0) is 12.5. The maximum Gasteiger partial charge on any atom is 0.334 e. The van der Waals surface area contributed by atoms with Gasteiger partial charge in [0.25, 0.3) is 0 Å². The van der Waals surface area contributed by atoms with Crippen LogP contribution in [0.15, 0.2) is 29.2 Å². The Bertz CT molecular complexity index is 463. The summed E-state index contributed by atoms with van der Waals surface area (Å²) in [6, 6.07) is 7.37. The second-order valence-corrected chi connectivity index (χ2v) is 5.11. The predicted octanol–water partition coefficient (Wildman–Crippen LogP) is 1.55. The van der Waals surface area contributed by atoms with E-state index < -0.39 is 11.5 Å². The van der Waals surface area contributed by atoms with E-state index >= 15 is 0 Å². The number of aliphatic carboxylic acids is 1. The Morgan fingerprint density at radius 1 is 1.53 bits per heavy atom. The molecule has 1 aromatic carbocycles. The summed E-state index contributed by atoms with van der Waals surface area (Å²) in [5.41, 5.74) is -0.512. The fourth-order valence-corrected chi connectivity index (χ4v) is 3.39. The van der Waals surface area contributed by atoms with Crippen LogP contribution in [0.25, 0.3) is 0 Å². The lowest BCUT2D eigenvalue weighted by Gasteiger charge is -2.40. The molecule has 0 spiro atoms. The molecule has 1 aliphatic rings. The van der Waals surface area contributed by atoms with Crippen LogP contribution in [-0.4, -0.2) is 35.2 Å². The molecule has 5 heteroatoms. The quantitative estimate of drug-likeness (QED) is 0.828. The van der Waals surface area contributed by atoms with Crippen molar-refractivity contribution in [1.82, 2.24) is 4.90 Å². The van der Waals surface area contributed by atoms with Crippen molar-refractivity contribution in [1.29, 1.82) is 0 Å². The standard InChI is InChI=1S/C12H13NO3S/c1-13(8-14)12(11(15)16)6-7-17-10-5-3-2-4-9(10)12/h2-5,8H,6-7H2,1H3,(H,15,16). The van der Waals surface area contributed by atoms with Gasteiger partial charge in [0.1, 0.15) is 0 Å². The Labute approximate surface area is 104 Å². The average Bonchev–Trinajstić information content (AvgIpc) is 2.36. The number of hydrogen-bond donors (Lipinski definition) is 1. The van der Waals surface area contributed by atoms with Crippen LogP contribution in [0.1, 0.15) is 12.0 Å². The third kappa shape index (κ3) is 1.70. The molecule has 0 fully saturated rings. The molecular formula is C12H13NO3S. The molecule has 0 radical (unpaired) electrons. The van der Waals surface area contributed by atoms with Gasteiger partial charge in [-0.25, -0.2) is 4.79 Å². The number of thioether (sulfide) groups is 1. The van der Waals surface area contributed by atoms with E-state index in [1.165, 1.54) is 11.9 Å². The molecular weight excluding hydrogens is 238 g/mol. The van der Waals surface area contributed by atoms with Crippen molar-refractivity contribution in [2.75, 3.05) is 12.8 Å². The molecule has 4 nitrogen and oxygen atoms in total. The van der Waals surface area contributed by atoms with Crippen LogP contribution >= 0.6 is 11.8 Å². The highest BCUT2D eigenvalue weighted by Gasteiger charge is 2.47.